The summed E-state index contributed by atoms with van der Waals surface area (Å²) in [5.74, 6) is 0.726. The van der Waals surface area contributed by atoms with Gasteiger partial charge >= 0.3 is 0 Å². The van der Waals surface area contributed by atoms with Gasteiger partial charge in [0.05, 0.1) is 19.7 Å². The molecular weight excluding hydrogens is 317 g/mol. The zero-order valence-corrected chi connectivity index (χ0v) is 13.2. The van der Waals surface area contributed by atoms with E-state index in [1.165, 1.54) is 17.4 Å². The summed E-state index contributed by atoms with van der Waals surface area (Å²) < 4.78 is 26.2. The van der Waals surface area contributed by atoms with E-state index in [2.05, 4.69) is 4.98 Å². The molecule has 6 heteroatoms. The molecule has 0 spiro atoms. The maximum absolute atomic E-state index is 14.1. The van der Waals surface area contributed by atoms with Crippen molar-refractivity contribution in [1.82, 2.24) is 4.98 Å². The molecule has 0 fully saturated rings. The number of ether oxygens (including phenoxy) is 2. The molecule has 2 aromatic heterocycles. The third-order valence-corrected chi connectivity index (χ3v) is 5.07. The number of thiophene rings is 1. The van der Waals surface area contributed by atoms with Crippen molar-refractivity contribution in [2.24, 2.45) is 0 Å². The third kappa shape index (κ3) is 1.91. The highest BCUT2D eigenvalue weighted by Gasteiger charge is 2.16. The number of hydrogen-bond acceptors (Lipinski definition) is 4. The fourth-order valence-electron chi connectivity index (χ4n) is 2.88. The molecule has 0 atom stereocenters. The van der Waals surface area contributed by atoms with Crippen LogP contribution >= 0.6 is 11.3 Å². The second kappa shape index (κ2) is 4.96. The van der Waals surface area contributed by atoms with Crippen LogP contribution in [0.2, 0.25) is 0 Å². The van der Waals surface area contributed by atoms with Crippen LogP contribution in [0.15, 0.2) is 35.1 Å². The van der Waals surface area contributed by atoms with Crippen LogP contribution in [0.5, 0.6) is 11.5 Å². The average molecular weight is 329 g/mol. The smallest absolute Gasteiger partial charge is 0.266 e. The number of rotatable bonds is 2. The Morgan fingerprint density at radius 3 is 2.57 bits per heavy atom. The summed E-state index contributed by atoms with van der Waals surface area (Å²) in [7, 11) is 3.12. The standard InChI is InChI=1S/C17H12FNO3S/c1-21-11-6-9-13(7-12(11)22-2)23-16-14(9)8-4-3-5-10(18)15(8)19-17(16)20/h3-7H,1-2H3,(H,19,20). The Bertz CT molecular complexity index is 1130. The van der Waals surface area contributed by atoms with Gasteiger partial charge in [-0.3, -0.25) is 4.79 Å². The number of nitrogens with one attached hydrogen (secondary N) is 1. The number of methoxy groups -OCH3 is 2. The highest BCUT2D eigenvalue weighted by atomic mass is 32.1. The summed E-state index contributed by atoms with van der Waals surface area (Å²) in [6.07, 6.45) is 0. The second-order valence-corrected chi connectivity index (χ2v) is 6.18. The highest BCUT2D eigenvalue weighted by Crippen LogP contribution is 2.41. The summed E-state index contributed by atoms with van der Waals surface area (Å²) in [5.41, 5.74) is -0.0729. The van der Waals surface area contributed by atoms with E-state index in [0.717, 1.165) is 15.5 Å². The van der Waals surface area contributed by atoms with Gasteiger partial charge in [-0.15, -0.1) is 11.3 Å². The topological polar surface area (TPSA) is 51.3 Å². The van der Waals surface area contributed by atoms with Gasteiger partial charge in [-0.25, -0.2) is 4.39 Å². The van der Waals surface area contributed by atoms with Crippen molar-refractivity contribution >= 4 is 42.4 Å². The summed E-state index contributed by atoms with van der Waals surface area (Å²) in [6, 6.07) is 8.45. The van der Waals surface area contributed by atoms with E-state index in [9.17, 15) is 9.18 Å². The van der Waals surface area contributed by atoms with Crippen LogP contribution in [0.1, 0.15) is 0 Å². The van der Waals surface area contributed by atoms with Crippen LogP contribution in [0.25, 0.3) is 31.1 Å². The van der Waals surface area contributed by atoms with E-state index >= 15 is 0 Å². The van der Waals surface area contributed by atoms with E-state index < -0.39 is 5.82 Å². The Kier molecular flexibility index (Phi) is 3.02. The Morgan fingerprint density at radius 2 is 1.83 bits per heavy atom. The maximum Gasteiger partial charge on any atom is 0.266 e. The zero-order valence-electron chi connectivity index (χ0n) is 12.4. The van der Waals surface area contributed by atoms with Crippen LogP contribution in [-0.2, 0) is 0 Å². The molecule has 0 unspecified atom stereocenters. The molecule has 4 aromatic rings. The van der Waals surface area contributed by atoms with Gasteiger partial charge in [0, 0.05) is 26.9 Å². The second-order valence-electron chi connectivity index (χ2n) is 5.13. The molecule has 0 saturated carbocycles. The molecule has 0 aliphatic carbocycles. The molecule has 0 amide bonds. The highest BCUT2D eigenvalue weighted by molar-refractivity contribution is 7.26. The molecule has 4 rings (SSSR count). The molecule has 0 saturated heterocycles. The number of para-hydroxylation sites is 1. The molecule has 0 radical (unpaired) electrons. The van der Waals surface area contributed by atoms with Crippen LogP contribution in [-0.4, -0.2) is 19.2 Å². The van der Waals surface area contributed by atoms with Crippen LogP contribution in [0, 0.1) is 5.82 Å². The molecular formula is C17H12FNO3S. The average Bonchev–Trinajstić information content (AvgIpc) is 2.94. The van der Waals surface area contributed by atoms with Gasteiger partial charge in [0.2, 0.25) is 0 Å². The number of aromatic amines is 1. The van der Waals surface area contributed by atoms with Crippen molar-refractivity contribution in [1.29, 1.82) is 0 Å². The van der Waals surface area contributed by atoms with Gasteiger partial charge in [0.15, 0.2) is 11.5 Å². The van der Waals surface area contributed by atoms with Crippen LogP contribution < -0.4 is 15.0 Å². The first-order valence-corrected chi connectivity index (χ1v) is 7.74. The van der Waals surface area contributed by atoms with E-state index in [-0.39, 0.29) is 11.1 Å². The molecule has 23 heavy (non-hydrogen) atoms. The van der Waals surface area contributed by atoms with Crippen molar-refractivity contribution in [3.63, 3.8) is 0 Å². The van der Waals surface area contributed by atoms with Gasteiger partial charge in [0.1, 0.15) is 10.5 Å². The number of fused-ring (bicyclic) bond motifs is 5. The monoisotopic (exact) mass is 329 g/mol. The largest absolute Gasteiger partial charge is 0.493 e. The minimum Gasteiger partial charge on any atom is -0.493 e. The lowest BCUT2D eigenvalue weighted by Crippen LogP contribution is -2.05. The SMILES string of the molecule is COc1cc2sc3c(=O)[nH]c4c(F)cccc4c3c2cc1OC. The normalized spacial score (nSPS) is 11.4. The minimum atomic E-state index is -0.443. The van der Waals surface area contributed by atoms with Crippen LogP contribution in [0.3, 0.4) is 0 Å². The molecule has 0 bridgehead atoms. The third-order valence-electron chi connectivity index (χ3n) is 3.92. The van der Waals surface area contributed by atoms with Gasteiger partial charge < -0.3 is 14.5 Å². The predicted octanol–water partition coefficient (Wildman–Crippen LogP) is 4.05. The Hall–Kier alpha value is -2.60. The lowest BCUT2D eigenvalue weighted by Gasteiger charge is -2.07. The number of aromatic nitrogens is 1. The summed E-state index contributed by atoms with van der Waals surface area (Å²) in [5, 5.41) is 2.27. The number of hydrogen-bond donors (Lipinski definition) is 1. The Balaban J connectivity index is 2.28. The first-order valence-electron chi connectivity index (χ1n) is 6.92. The molecule has 4 nitrogen and oxygen atoms in total. The first-order chi connectivity index (χ1) is 11.1. The maximum atomic E-state index is 14.1. The van der Waals surface area contributed by atoms with Gasteiger partial charge in [0.25, 0.3) is 5.56 Å². The van der Waals surface area contributed by atoms with Crippen molar-refractivity contribution < 1.29 is 13.9 Å². The number of H-pyrrole nitrogens is 1. The van der Waals surface area contributed by atoms with Crippen molar-refractivity contribution in [2.45, 2.75) is 0 Å². The molecule has 2 aromatic carbocycles. The number of pyridine rings is 1. The van der Waals surface area contributed by atoms with E-state index in [1.807, 2.05) is 12.1 Å². The fraction of sp³-hybridized carbons (Fsp3) is 0.118. The zero-order chi connectivity index (χ0) is 16.1. The molecule has 116 valence electrons. The number of benzene rings is 2. The summed E-state index contributed by atoms with van der Waals surface area (Å²) in [4.78, 5) is 15.0. The lowest BCUT2D eigenvalue weighted by atomic mass is 10.1. The predicted molar refractivity (Wildman–Crippen MR) is 90.5 cm³/mol. The molecule has 1 N–H and O–H groups in total. The quantitative estimate of drug-likeness (QED) is 0.603. The molecule has 0 aliphatic rings. The lowest BCUT2D eigenvalue weighted by molar-refractivity contribution is 0.356. The number of halogens is 1. The Labute approximate surface area is 134 Å². The molecule has 0 aliphatic heterocycles. The Morgan fingerprint density at radius 1 is 1.09 bits per heavy atom. The van der Waals surface area contributed by atoms with Crippen molar-refractivity contribution in [2.75, 3.05) is 14.2 Å². The molecule has 2 heterocycles. The van der Waals surface area contributed by atoms with Crippen LogP contribution in [0.4, 0.5) is 4.39 Å². The van der Waals surface area contributed by atoms with E-state index in [0.29, 0.717) is 21.6 Å². The first kappa shape index (κ1) is 14.0. The summed E-state index contributed by atoms with van der Waals surface area (Å²) in [6.45, 7) is 0. The van der Waals surface area contributed by atoms with Crippen molar-refractivity contribution in [3.8, 4) is 11.5 Å². The van der Waals surface area contributed by atoms with Crippen molar-refractivity contribution in [3.05, 3.63) is 46.5 Å². The van der Waals surface area contributed by atoms with E-state index in [1.54, 1.807) is 26.4 Å². The van der Waals surface area contributed by atoms with Gasteiger partial charge in [-0.05, 0) is 12.1 Å². The summed E-state index contributed by atoms with van der Waals surface area (Å²) >= 11 is 1.36. The fourth-order valence-corrected chi connectivity index (χ4v) is 4.00. The van der Waals surface area contributed by atoms with Gasteiger partial charge in [-0.2, -0.15) is 0 Å². The van der Waals surface area contributed by atoms with E-state index in [4.69, 9.17) is 9.47 Å². The van der Waals surface area contributed by atoms with Gasteiger partial charge in [-0.1, -0.05) is 12.1 Å². The minimum absolute atomic E-state index is 0.222.